The molecule has 0 spiro atoms. The minimum absolute atomic E-state index is 0.102. The van der Waals surface area contributed by atoms with Crippen molar-refractivity contribution in [1.82, 2.24) is 20.7 Å². The molecule has 160 valence electrons. The number of pyridine rings is 1. The molecule has 0 bridgehead atoms. The topological polar surface area (TPSA) is 40.2 Å². The fourth-order valence-electron chi connectivity index (χ4n) is 3.40. The highest BCUT2D eigenvalue weighted by atomic mass is 19.1. The van der Waals surface area contributed by atoms with E-state index < -0.39 is 0 Å². The number of hydrogen-bond donors (Lipinski definition) is 2. The molecule has 0 aliphatic heterocycles. The lowest BCUT2D eigenvalue weighted by Gasteiger charge is -2.25. The Balaban J connectivity index is 2.23. The molecular weight excluding hydrogens is 363 g/mol. The van der Waals surface area contributed by atoms with Crippen LogP contribution in [0.4, 0.5) is 4.39 Å². The third kappa shape index (κ3) is 6.79. The van der Waals surface area contributed by atoms with E-state index in [2.05, 4.69) is 49.4 Å². The van der Waals surface area contributed by atoms with E-state index in [1.54, 1.807) is 0 Å². The molecule has 4 nitrogen and oxygen atoms in total. The van der Waals surface area contributed by atoms with Crippen molar-refractivity contribution in [2.24, 2.45) is 5.92 Å². The summed E-state index contributed by atoms with van der Waals surface area (Å²) >= 11 is 0. The smallest absolute Gasteiger partial charge is 0.0949 e. The van der Waals surface area contributed by atoms with Gasteiger partial charge in [-0.1, -0.05) is 24.8 Å². The molecule has 1 fully saturated rings. The first-order chi connectivity index (χ1) is 13.9. The Morgan fingerprint density at radius 1 is 1.38 bits per heavy atom. The summed E-state index contributed by atoms with van der Waals surface area (Å²) in [7, 11) is 3.94. The second-order valence-electron chi connectivity index (χ2n) is 7.90. The largest absolute Gasteiger partial charge is 0.378 e. The number of halogens is 1. The lowest BCUT2D eigenvalue weighted by Crippen LogP contribution is -2.38. The maximum atomic E-state index is 12.8. The average molecular weight is 401 g/mol. The van der Waals surface area contributed by atoms with Crippen LogP contribution in [0.5, 0.6) is 0 Å². The van der Waals surface area contributed by atoms with E-state index in [1.165, 1.54) is 12.8 Å². The van der Waals surface area contributed by atoms with E-state index in [9.17, 15) is 4.39 Å². The van der Waals surface area contributed by atoms with Gasteiger partial charge < -0.3 is 5.32 Å². The predicted octanol–water partition coefficient (Wildman–Crippen LogP) is 4.45. The zero-order valence-corrected chi connectivity index (χ0v) is 18.6. The molecule has 2 rings (SSSR count). The highest BCUT2D eigenvalue weighted by Crippen LogP contribution is 2.34. The van der Waals surface area contributed by atoms with Gasteiger partial charge in [0.2, 0.25) is 0 Å². The summed E-state index contributed by atoms with van der Waals surface area (Å²) in [4.78, 5) is 4.80. The van der Waals surface area contributed by atoms with Crippen molar-refractivity contribution < 1.29 is 4.39 Å². The molecule has 0 aromatic carbocycles. The lowest BCUT2D eigenvalue weighted by atomic mass is 10.0. The summed E-state index contributed by atoms with van der Waals surface area (Å²) in [6, 6.07) is 4.39. The first-order valence-electron chi connectivity index (χ1n) is 10.7. The van der Waals surface area contributed by atoms with Gasteiger partial charge in [-0.3, -0.25) is 14.8 Å². The second kappa shape index (κ2) is 11.3. The number of rotatable bonds is 12. The molecule has 5 heteroatoms. The van der Waals surface area contributed by atoms with Crippen LogP contribution in [-0.4, -0.2) is 42.8 Å². The molecule has 0 amide bonds. The molecule has 1 aliphatic rings. The second-order valence-corrected chi connectivity index (χ2v) is 7.90. The number of alkyl halides is 1. The van der Waals surface area contributed by atoms with E-state index in [0.29, 0.717) is 6.42 Å². The van der Waals surface area contributed by atoms with Crippen molar-refractivity contribution in [2.45, 2.75) is 58.5 Å². The highest BCUT2D eigenvalue weighted by Gasteiger charge is 2.24. The number of allylic oxidation sites excluding steroid dienone is 1. The highest BCUT2D eigenvalue weighted by molar-refractivity contribution is 5.66. The SMILES string of the molecule is C=C/C(=C\C(C)N(C)NC)C(C)NC(=CC)c1ccc(CCF)nc1CC1CC1. The van der Waals surface area contributed by atoms with Crippen LogP contribution in [0.2, 0.25) is 0 Å². The minimum Gasteiger partial charge on any atom is -0.378 e. The van der Waals surface area contributed by atoms with Gasteiger partial charge in [-0.15, -0.1) is 0 Å². The number of hydrogen-bond acceptors (Lipinski definition) is 4. The molecule has 0 saturated heterocycles. The lowest BCUT2D eigenvalue weighted by molar-refractivity contribution is 0.226. The molecule has 29 heavy (non-hydrogen) atoms. The quantitative estimate of drug-likeness (QED) is 0.402. The molecule has 2 atom stereocenters. The van der Waals surface area contributed by atoms with Crippen LogP contribution in [0.3, 0.4) is 0 Å². The van der Waals surface area contributed by atoms with Gasteiger partial charge in [-0.25, -0.2) is 5.01 Å². The molecule has 1 aliphatic carbocycles. The van der Waals surface area contributed by atoms with Crippen molar-refractivity contribution in [3.63, 3.8) is 0 Å². The zero-order valence-electron chi connectivity index (χ0n) is 18.6. The Morgan fingerprint density at radius 3 is 2.66 bits per heavy atom. The van der Waals surface area contributed by atoms with Gasteiger partial charge in [-0.05, 0) is 70.7 Å². The maximum absolute atomic E-state index is 12.8. The Labute approximate surface area is 176 Å². The third-order valence-electron chi connectivity index (χ3n) is 5.65. The fourth-order valence-corrected chi connectivity index (χ4v) is 3.40. The van der Waals surface area contributed by atoms with Gasteiger partial charge >= 0.3 is 0 Å². The first kappa shape index (κ1) is 23.3. The summed E-state index contributed by atoms with van der Waals surface area (Å²) in [6.07, 6.45) is 10.1. The summed E-state index contributed by atoms with van der Waals surface area (Å²) < 4.78 is 12.8. The maximum Gasteiger partial charge on any atom is 0.0949 e. The van der Waals surface area contributed by atoms with E-state index in [1.807, 2.05) is 38.2 Å². The molecule has 1 heterocycles. The molecule has 1 saturated carbocycles. The molecule has 0 radical (unpaired) electrons. The number of hydrazine groups is 1. The van der Waals surface area contributed by atoms with Crippen LogP contribution in [0.15, 0.2) is 42.5 Å². The van der Waals surface area contributed by atoms with Gasteiger partial charge in [0.1, 0.15) is 0 Å². The summed E-state index contributed by atoms with van der Waals surface area (Å²) in [5, 5.41) is 5.70. The number of aromatic nitrogens is 1. The number of likely N-dealkylation sites (N-methyl/N-ethyl adjacent to an activating group) is 1. The van der Waals surface area contributed by atoms with Crippen LogP contribution >= 0.6 is 0 Å². The molecular formula is C24H37FN4. The molecule has 2 unspecified atom stereocenters. The average Bonchev–Trinajstić information content (AvgIpc) is 3.54. The monoisotopic (exact) mass is 400 g/mol. The Kier molecular flexibility index (Phi) is 9.05. The van der Waals surface area contributed by atoms with Gasteiger partial charge in [0.05, 0.1) is 12.4 Å². The molecule has 2 N–H and O–H groups in total. The van der Waals surface area contributed by atoms with E-state index in [4.69, 9.17) is 4.98 Å². The molecule has 1 aromatic heterocycles. The summed E-state index contributed by atoms with van der Waals surface area (Å²) in [5.74, 6) is 0.721. The van der Waals surface area contributed by atoms with Crippen molar-refractivity contribution in [1.29, 1.82) is 0 Å². The van der Waals surface area contributed by atoms with Gasteiger partial charge in [-0.2, -0.15) is 0 Å². The van der Waals surface area contributed by atoms with Crippen molar-refractivity contribution in [3.05, 3.63) is 59.5 Å². The van der Waals surface area contributed by atoms with Crippen LogP contribution in [-0.2, 0) is 12.8 Å². The van der Waals surface area contributed by atoms with Crippen LogP contribution in [0, 0.1) is 5.92 Å². The van der Waals surface area contributed by atoms with Gasteiger partial charge in [0.25, 0.3) is 0 Å². The third-order valence-corrected chi connectivity index (χ3v) is 5.65. The van der Waals surface area contributed by atoms with Gasteiger partial charge in [0, 0.05) is 42.5 Å². The number of nitrogens with zero attached hydrogens (tertiary/aromatic N) is 2. The standard InChI is InChI=1S/C24H37FN4/c1-7-20(15-17(3)29(6)26-5)18(4)27-23(8-2)22-12-11-21(13-14-25)28-24(22)16-19-9-10-19/h7-8,11-12,15,17-19,26-27H,1,9-10,13-14,16H2,2-6H3/b20-15+,23-8?. The first-order valence-corrected chi connectivity index (χ1v) is 10.7. The van der Waals surface area contributed by atoms with E-state index >= 15 is 0 Å². The van der Waals surface area contributed by atoms with E-state index in [0.717, 1.165) is 40.6 Å². The Bertz CT molecular complexity index is 736. The van der Waals surface area contributed by atoms with Gasteiger partial charge in [0.15, 0.2) is 0 Å². The summed E-state index contributed by atoms with van der Waals surface area (Å²) in [5.41, 5.74) is 8.40. The summed E-state index contributed by atoms with van der Waals surface area (Å²) in [6.45, 7) is 9.97. The van der Waals surface area contributed by atoms with Crippen LogP contribution in [0.25, 0.3) is 5.70 Å². The fraction of sp³-hybridized carbons (Fsp3) is 0.542. The van der Waals surface area contributed by atoms with Crippen molar-refractivity contribution >= 4 is 5.70 Å². The zero-order chi connectivity index (χ0) is 21.4. The number of aryl methyl sites for hydroxylation is 1. The minimum atomic E-state index is -0.367. The predicted molar refractivity (Wildman–Crippen MR) is 121 cm³/mol. The Morgan fingerprint density at radius 2 is 2.10 bits per heavy atom. The normalized spacial score (nSPS) is 17.3. The molecule has 1 aromatic rings. The number of nitrogens with one attached hydrogen (secondary N) is 2. The Hall–Kier alpha value is -1.98. The van der Waals surface area contributed by atoms with Crippen molar-refractivity contribution in [3.8, 4) is 0 Å². The van der Waals surface area contributed by atoms with E-state index in [-0.39, 0.29) is 18.8 Å². The van der Waals surface area contributed by atoms with Crippen LogP contribution < -0.4 is 10.7 Å². The van der Waals surface area contributed by atoms with Crippen molar-refractivity contribution in [2.75, 3.05) is 20.8 Å². The van der Waals surface area contributed by atoms with Crippen LogP contribution in [0.1, 0.15) is 50.6 Å².